The molecule has 4 rings (SSSR count). The summed E-state index contributed by atoms with van der Waals surface area (Å²) in [6.07, 6.45) is 3.75. The van der Waals surface area contributed by atoms with Gasteiger partial charge in [0.25, 0.3) is 0 Å². The zero-order chi connectivity index (χ0) is 10.5. The van der Waals surface area contributed by atoms with Gasteiger partial charge in [-0.3, -0.25) is 0 Å². The van der Waals surface area contributed by atoms with Crippen LogP contribution >= 0.6 is 0 Å². The van der Waals surface area contributed by atoms with E-state index < -0.39 is 0 Å². The largest absolute Gasteiger partial charge is 0.438 e. The van der Waals surface area contributed by atoms with Gasteiger partial charge in [-0.15, -0.1) is 0 Å². The van der Waals surface area contributed by atoms with E-state index in [0.717, 1.165) is 27.3 Å². The Morgan fingerprint density at radius 2 is 2.06 bits per heavy atom. The van der Waals surface area contributed by atoms with E-state index in [4.69, 9.17) is 4.42 Å². The molecule has 3 aromatic heterocycles. The average Bonchev–Trinajstić information content (AvgIpc) is 2.91. The fraction of sp³-hybridized carbons (Fsp3) is 0. The number of aromatic amines is 1. The van der Waals surface area contributed by atoms with Gasteiger partial charge in [0.15, 0.2) is 0 Å². The van der Waals surface area contributed by atoms with Crippen molar-refractivity contribution in [1.29, 1.82) is 0 Å². The summed E-state index contributed by atoms with van der Waals surface area (Å²) in [7, 11) is 0. The number of pyridine rings is 1. The molecule has 3 nitrogen and oxygen atoms in total. The van der Waals surface area contributed by atoms with Gasteiger partial charge in [-0.25, -0.2) is 4.98 Å². The molecule has 76 valence electrons. The van der Waals surface area contributed by atoms with Gasteiger partial charge in [0, 0.05) is 23.2 Å². The molecular formula is C13H8N2O. The van der Waals surface area contributed by atoms with Gasteiger partial charge in [-0.05, 0) is 12.1 Å². The number of hydrogen-bond donors (Lipinski definition) is 1. The lowest BCUT2D eigenvalue weighted by molar-refractivity contribution is 0.654. The number of nitrogens with zero attached hydrogens (tertiary/aromatic N) is 1. The molecule has 0 amide bonds. The minimum atomic E-state index is 0.691. The summed E-state index contributed by atoms with van der Waals surface area (Å²) in [4.78, 5) is 7.57. The Hall–Kier alpha value is -2.29. The Labute approximate surface area is 90.7 Å². The van der Waals surface area contributed by atoms with Crippen LogP contribution in [0.5, 0.6) is 0 Å². The SMILES string of the molecule is c1ccc2c(c1)oc1ncc3cc[nH]c3c12. The molecule has 0 aliphatic rings. The predicted molar refractivity (Wildman–Crippen MR) is 63.4 cm³/mol. The number of benzene rings is 1. The molecule has 0 saturated carbocycles. The number of fused-ring (bicyclic) bond motifs is 5. The van der Waals surface area contributed by atoms with Crippen molar-refractivity contribution in [3.05, 3.63) is 42.7 Å². The lowest BCUT2D eigenvalue weighted by Gasteiger charge is -1.91. The van der Waals surface area contributed by atoms with Crippen LogP contribution in [0.1, 0.15) is 0 Å². The third-order valence-electron chi connectivity index (χ3n) is 2.93. The molecule has 16 heavy (non-hydrogen) atoms. The minimum Gasteiger partial charge on any atom is -0.438 e. The second-order valence-electron chi connectivity index (χ2n) is 3.84. The molecule has 1 aromatic carbocycles. The molecule has 1 N–H and O–H groups in total. The maximum atomic E-state index is 5.70. The zero-order valence-corrected chi connectivity index (χ0v) is 8.40. The number of aromatic nitrogens is 2. The second-order valence-corrected chi connectivity index (χ2v) is 3.84. The van der Waals surface area contributed by atoms with E-state index in [9.17, 15) is 0 Å². The molecule has 0 radical (unpaired) electrons. The van der Waals surface area contributed by atoms with Crippen LogP contribution in [-0.2, 0) is 0 Å². The predicted octanol–water partition coefficient (Wildman–Crippen LogP) is 3.46. The van der Waals surface area contributed by atoms with E-state index in [1.807, 2.05) is 36.7 Å². The summed E-state index contributed by atoms with van der Waals surface area (Å²) >= 11 is 0. The average molecular weight is 208 g/mol. The molecule has 0 aliphatic carbocycles. The van der Waals surface area contributed by atoms with E-state index in [1.165, 1.54) is 0 Å². The summed E-state index contributed by atoms with van der Waals surface area (Å²) in [6, 6.07) is 10.0. The van der Waals surface area contributed by atoms with Crippen molar-refractivity contribution in [2.45, 2.75) is 0 Å². The van der Waals surface area contributed by atoms with Crippen molar-refractivity contribution >= 4 is 33.0 Å². The first kappa shape index (κ1) is 7.93. The highest BCUT2D eigenvalue weighted by Crippen LogP contribution is 2.31. The number of hydrogen-bond acceptors (Lipinski definition) is 2. The van der Waals surface area contributed by atoms with Gasteiger partial charge in [0.2, 0.25) is 5.71 Å². The normalized spacial score (nSPS) is 11.8. The van der Waals surface area contributed by atoms with Crippen molar-refractivity contribution in [2.24, 2.45) is 0 Å². The summed E-state index contributed by atoms with van der Waals surface area (Å²) in [5, 5.41) is 3.29. The first-order valence-electron chi connectivity index (χ1n) is 5.17. The molecule has 3 heteroatoms. The van der Waals surface area contributed by atoms with Crippen molar-refractivity contribution in [3.63, 3.8) is 0 Å². The van der Waals surface area contributed by atoms with E-state index >= 15 is 0 Å². The molecule has 0 spiro atoms. The van der Waals surface area contributed by atoms with Gasteiger partial charge in [0.1, 0.15) is 5.58 Å². The van der Waals surface area contributed by atoms with E-state index in [2.05, 4.69) is 16.0 Å². The summed E-state index contributed by atoms with van der Waals surface area (Å²) < 4.78 is 5.70. The van der Waals surface area contributed by atoms with Crippen molar-refractivity contribution in [2.75, 3.05) is 0 Å². The lowest BCUT2D eigenvalue weighted by Crippen LogP contribution is -1.75. The molecule has 0 atom stereocenters. The van der Waals surface area contributed by atoms with E-state index in [-0.39, 0.29) is 0 Å². The van der Waals surface area contributed by atoms with Crippen LogP contribution in [0, 0.1) is 0 Å². The topological polar surface area (TPSA) is 41.8 Å². The number of H-pyrrole nitrogens is 1. The number of rotatable bonds is 0. The Kier molecular flexibility index (Phi) is 1.31. The Balaban J connectivity index is 2.42. The van der Waals surface area contributed by atoms with E-state index in [0.29, 0.717) is 5.71 Å². The first-order valence-corrected chi connectivity index (χ1v) is 5.17. The summed E-state index contributed by atoms with van der Waals surface area (Å²) in [6.45, 7) is 0. The molecule has 3 heterocycles. The molecule has 0 aliphatic heterocycles. The van der Waals surface area contributed by atoms with Gasteiger partial charge in [-0.1, -0.05) is 18.2 Å². The number of para-hydroxylation sites is 1. The van der Waals surface area contributed by atoms with Crippen molar-refractivity contribution in [1.82, 2.24) is 9.97 Å². The molecular weight excluding hydrogens is 200 g/mol. The van der Waals surface area contributed by atoms with Gasteiger partial charge in [-0.2, -0.15) is 0 Å². The van der Waals surface area contributed by atoms with Crippen LogP contribution < -0.4 is 0 Å². The molecule has 4 aromatic rings. The summed E-state index contributed by atoms with van der Waals surface area (Å²) in [5.41, 5.74) is 2.67. The van der Waals surface area contributed by atoms with Gasteiger partial charge < -0.3 is 9.40 Å². The smallest absolute Gasteiger partial charge is 0.229 e. The Bertz CT molecular complexity index is 810. The number of nitrogens with one attached hydrogen (secondary N) is 1. The zero-order valence-electron chi connectivity index (χ0n) is 8.40. The molecule has 0 unspecified atom stereocenters. The third-order valence-corrected chi connectivity index (χ3v) is 2.93. The van der Waals surface area contributed by atoms with Crippen LogP contribution in [0.15, 0.2) is 47.1 Å². The fourth-order valence-corrected chi connectivity index (χ4v) is 2.20. The maximum absolute atomic E-state index is 5.70. The van der Waals surface area contributed by atoms with Crippen molar-refractivity contribution < 1.29 is 4.42 Å². The van der Waals surface area contributed by atoms with Crippen LogP contribution in [0.2, 0.25) is 0 Å². The highest BCUT2D eigenvalue weighted by atomic mass is 16.3. The van der Waals surface area contributed by atoms with E-state index in [1.54, 1.807) is 0 Å². The first-order chi connectivity index (χ1) is 7.93. The van der Waals surface area contributed by atoms with Crippen LogP contribution in [0.3, 0.4) is 0 Å². The fourth-order valence-electron chi connectivity index (χ4n) is 2.20. The van der Waals surface area contributed by atoms with Crippen LogP contribution in [0.25, 0.3) is 33.0 Å². The Morgan fingerprint density at radius 1 is 1.12 bits per heavy atom. The Morgan fingerprint density at radius 3 is 3.06 bits per heavy atom. The van der Waals surface area contributed by atoms with Gasteiger partial charge >= 0.3 is 0 Å². The molecule has 0 bridgehead atoms. The monoisotopic (exact) mass is 208 g/mol. The quantitative estimate of drug-likeness (QED) is 0.480. The third kappa shape index (κ3) is 0.852. The minimum absolute atomic E-state index is 0.691. The standard InChI is InChI=1S/C13H8N2O/c1-2-4-10-9(3-1)11-12-8(5-6-14-12)7-15-13(11)16-10/h1-7,14H. The molecule has 0 fully saturated rings. The van der Waals surface area contributed by atoms with Crippen LogP contribution in [0.4, 0.5) is 0 Å². The second kappa shape index (κ2) is 2.64. The highest BCUT2D eigenvalue weighted by molar-refractivity contribution is 6.15. The lowest BCUT2D eigenvalue weighted by atomic mass is 10.1. The summed E-state index contributed by atoms with van der Waals surface area (Å²) in [5.74, 6) is 0. The van der Waals surface area contributed by atoms with Crippen molar-refractivity contribution in [3.8, 4) is 0 Å². The molecule has 0 saturated heterocycles. The highest BCUT2D eigenvalue weighted by Gasteiger charge is 2.11. The van der Waals surface area contributed by atoms with Gasteiger partial charge in [0.05, 0.1) is 10.9 Å². The maximum Gasteiger partial charge on any atom is 0.229 e. The number of furan rings is 1. The van der Waals surface area contributed by atoms with Crippen LogP contribution in [-0.4, -0.2) is 9.97 Å².